The number of rotatable bonds is 0. The summed E-state index contributed by atoms with van der Waals surface area (Å²) < 4.78 is 12.7. The summed E-state index contributed by atoms with van der Waals surface area (Å²) in [5.41, 5.74) is 0. The zero-order valence-corrected chi connectivity index (χ0v) is 5.67. The number of nitrogens with zero attached hydrogens (tertiary/aromatic N) is 1. The average molecular weight is 141 g/mol. The topological polar surface area (TPSA) is 20.3 Å². The van der Waals surface area contributed by atoms with Crippen molar-refractivity contribution in [1.29, 1.82) is 0 Å². The maximum Gasteiger partial charge on any atom is 0.226 e. The van der Waals surface area contributed by atoms with Gasteiger partial charge in [-0.2, -0.15) is 0 Å². The lowest BCUT2D eigenvalue weighted by Crippen LogP contribution is -2.30. The van der Waals surface area contributed by atoms with E-state index in [0.29, 0.717) is 0 Å². The van der Waals surface area contributed by atoms with Gasteiger partial charge in [-0.25, -0.2) is 4.39 Å². The molecule has 2 unspecified atom stereocenters. The molecule has 2 nitrogen and oxygen atoms in total. The highest BCUT2D eigenvalue weighted by Gasteiger charge is 2.36. The Kier molecular flexibility index (Phi) is 1.62. The third-order valence-electron chi connectivity index (χ3n) is 1.69. The minimum atomic E-state index is -1.18. The molecule has 1 aliphatic heterocycles. The molecule has 10 heavy (non-hydrogen) atoms. The minimum Gasteiger partial charge on any atom is -0.329 e. The van der Waals surface area contributed by atoms with Crippen LogP contribution in [0.3, 0.4) is 0 Å². The predicted molar refractivity (Wildman–Crippen MR) is 34.9 cm³/mol. The monoisotopic (exact) mass is 141 g/mol. The van der Waals surface area contributed by atoms with E-state index in [2.05, 4.69) is 5.92 Å². The Bertz CT molecular complexity index is 196. The average Bonchev–Trinajstić information content (AvgIpc) is 2.09. The van der Waals surface area contributed by atoms with Gasteiger partial charge in [0.05, 0.1) is 6.42 Å². The van der Waals surface area contributed by atoms with Crippen molar-refractivity contribution in [1.82, 2.24) is 4.90 Å². The highest BCUT2D eigenvalue weighted by atomic mass is 19.1. The molecule has 1 aliphatic rings. The van der Waals surface area contributed by atoms with Crippen molar-refractivity contribution in [2.24, 2.45) is 0 Å². The highest BCUT2D eigenvalue weighted by Crippen LogP contribution is 2.19. The zero-order chi connectivity index (χ0) is 7.72. The van der Waals surface area contributed by atoms with Crippen LogP contribution in [0.15, 0.2) is 0 Å². The van der Waals surface area contributed by atoms with Crippen molar-refractivity contribution in [3.63, 3.8) is 0 Å². The van der Waals surface area contributed by atoms with E-state index in [1.807, 2.05) is 0 Å². The van der Waals surface area contributed by atoms with E-state index < -0.39 is 12.2 Å². The van der Waals surface area contributed by atoms with Crippen LogP contribution in [0.1, 0.15) is 6.42 Å². The third kappa shape index (κ3) is 0.860. The number of alkyl halides is 1. The summed E-state index contributed by atoms with van der Waals surface area (Å²) in [7, 11) is 1.52. The number of likely N-dealkylation sites (tertiary alicyclic amines) is 1. The molecule has 0 aromatic carbocycles. The molecule has 1 heterocycles. The standard InChI is InChI=1S/C7H8FNO/c1-3-6-5(8)4-7(10)9(6)2/h1,5-6H,4H2,2H3. The van der Waals surface area contributed by atoms with Crippen LogP contribution < -0.4 is 0 Å². The Morgan fingerprint density at radius 2 is 2.50 bits per heavy atom. The molecule has 0 radical (unpaired) electrons. The number of carbonyl (C=O) groups excluding carboxylic acids is 1. The quantitative estimate of drug-likeness (QED) is 0.441. The predicted octanol–water partition coefficient (Wildman–Crippen LogP) is 0.188. The van der Waals surface area contributed by atoms with E-state index in [0.717, 1.165) is 0 Å². The fourth-order valence-corrected chi connectivity index (χ4v) is 1.04. The molecule has 1 rings (SSSR count). The molecular weight excluding hydrogens is 133 g/mol. The molecule has 1 amide bonds. The molecular formula is C7H8FNO. The summed E-state index contributed by atoms with van der Waals surface area (Å²) in [4.78, 5) is 12.0. The number of hydrogen-bond acceptors (Lipinski definition) is 1. The van der Waals surface area contributed by atoms with Gasteiger partial charge in [-0.1, -0.05) is 5.92 Å². The fourth-order valence-electron chi connectivity index (χ4n) is 1.04. The van der Waals surface area contributed by atoms with E-state index in [1.165, 1.54) is 11.9 Å². The van der Waals surface area contributed by atoms with Crippen molar-refractivity contribution >= 4 is 5.91 Å². The van der Waals surface area contributed by atoms with Gasteiger partial charge in [-0.15, -0.1) is 6.42 Å². The summed E-state index contributed by atoms with van der Waals surface area (Å²) in [5.74, 6) is 2.01. The van der Waals surface area contributed by atoms with Gasteiger partial charge in [0, 0.05) is 7.05 Å². The second kappa shape index (κ2) is 2.30. The molecule has 1 fully saturated rings. The number of amides is 1. The molecule has 0 saturated carbocycles. The summed E-state index contributed by atoms with van der Waals surface area (Å²) in [5, 5.41) is 0. The summed E-state index contributed by atoms with van der Waals surface area (Å²) in [6, 6.07) is -0.646. The second-order valence-electron chi connectivity index (χ2n) is 2.34. The van der Waals surface area contributed by atoms with Gasteiger partial charge in [0.2, 0.25) is 5.91 Å². The normalized spacial score (nSPS) is 32.5. The SMILES string of the molecule is C#CC1C(F)CC(=O)N1C. The maximum atomic E-state index is 12.7. The van der Waals surface area contributed by atoms with E-state index in [1.54, 1.807) is 0 Å². The van der Waals surface area contributed by atoms with E-state index in [4.69, 9.17) is 6.42 Å². The van der Waals surface area contributed by atoms with E-state index >= 15 is 0 Å². The molecule has 0 aromatic heterocycles. The molecule has 54 valence electrons. The maximum absolute atomic E-state index is 12.7. The molecule has 0 aliphatic carbocycles. The van der Waals surface area contributed by atoms with Crippen LogP contribution in [0.2, 0.25) is 0 Å². The van der Waals surface area contributed by atoms with Crippen LogP contribution in [0.4, 0.5) is 4.39 Å². The van der Waals surface area contributed by atoms with Crippen LogP contribution in [-0.2, 0) is 4.79 Å². The Hall–Kier alpha value is -1.04. The number of hydrogen-bond donors (Lipinski definition) is 0. The largest absolute Gasteiger partial charge is 0.329 e. The summed E-state index contributed by atoms with van der Waals surface area (Å²) >= 11 is 0. The van der Waals surface area contributed by atoms with Gasteiger partial charge in [0.1, 0.15) is 12.2 Å². The first-order chi connectivity index (χ1) is 4.66. The van der Waals surface area contributed by atoms with E-state index in [-0.39, 0.29) is 12.3 Å². The third-order valence-corrected chi connectivity index (χ3v) is 1.69. The van der Waals surface area contributed by atoms with Crippen molar-refractivity contribution in [3.05, 3.63) is 0 Å². The second-order valence-corrected chi connectivity index (χ2v) is 2.34. The Morgan fingerprint density at radius 3 is 2.70 bits per heavy atom. The minimum absolute atomic E-state index is 0.0641. The number of terminal acetylenes is 1. The number of carbonyl (C=O) groups is 1. The smallest absolute Gasteiger partial charge is 0.226 e. The molecule has 1 saturated heterocycles. The number of halogens is 1. The Morgan fingerprint density at radius 1 is 1.90 bits per heavy atom. The first-order valence-corrected chi connectivity index (χ1v) is 3.02. The van der Waals surface area contributed by atoms with Crippen LogP contribution in [0, 0.1) is 12.3 Å². The highest BCUT2D eigenvalue weighted by molar-refractivity contribution is 5.80. The van der Waals surface area contributed by atoms with Crippen molar-refractivity contribution in [2.75, 3.05) is 7.05 Å². The molecule has 0 N–H and O–H groups in total. The van der Waals surface area contributed by atoms with Gasteiger partial charge >= 0.3 is 0 Å². The summed E-state index contributed by atoms with van der Waals surface area (Å²) in [6.45, 7) is 0. The van der Waals surface area contributed by atoms with Gasteiger partial charge in [-0.3, -0.25) is 4.79 Å². The van der Waals surface area contributed by atoms with Crippen LogP contribution >= 0.6 is 0 Å². The van der Waals surface area contributed by atoms with E-state index in [9.17, 15) is 9.18 Å². The lowest BCUT2D eigenvalue weighted by Gasteiger charge is -2.13. The van der Waals surface area contributed by atoms with Gasteiger partial charge in [-0.05, 0) is 0 Å². The molecule has 3 heteroatoms. The van der Waals surface area contributed by atoms with Crippen LogP contribution in [0.5, 0.6) is 0 Å². The van der Waals surface area contributed by atoms with Gasteiger partial charge in [0.25, 0.3) is 0 Å². The molecule has 0 aromatic rings. The molecule has 2 atom stereocenters. The Labute approximate surface area is 59.0 Å². The fraction of sp³-hybridized carbons (Fsp3) is 0.571. The van der Waals surface area contributed by atoms with Crippen molar-refractivity contribution in [2.45, 2.75) is 18.6 Å². The zero-order valence-electron chi connectivity index (χ0n) is 5.67. The van der Waals surface area contributed by atoms with Crippen molar-refractivity contribution < 1.29 is 9.18 Å². The lowest BCUT2D eigenvalue weighted by atomic mass is 10.2. The summed E-state index contributed by atoms with van der Waals surface area (Å²) in [6.07, 6.45) is 3.75. The first-order valence-electron chi connectivity index (χ1n) is 3.02. The van der Waals surface area contributed by atoms with Gasteiger partial charge < -0.3 is 4.90 Å². The molecule has 0 bridgehead atoms. The van der Waals surface area contributed by atoms with Crippen LogP contribution in [0.25, 0.3) is 0 Å². The lowest BCUT2D eigenvalue weighted by molar-refractivity contribution is -0.127. The van der Waals surface area contributed by atoms with Gasteiger partial charge in [0.15, 0.2) is 0 Å². The van der Waals surface area contributed by atoms with Crippen molar-refractivity contribution in [3.8, 4) is 12.3 Å². The first kappa shape index (κ1) is 7.07. The van der Waals surface area contributed by atoms with Crippen LogP contribution in [-0.4, -0.2) is 30.1 Å². The molecule has 0 spiro atoms. The Balaban J connectivity index is 2.76.